The third-order valence-corrected chi connectivity index (χ3v) is 3.58. The number of esters is 1. The van der Waals surface area contributed by atoms with Crippen molar-refractivity contribution in [2.75, 3.05) is 32.2 Å². The lowest BCUT2D eigenvalue weighted by atomic mass is 10.2. The molecule has 0 fully saturated rings. The maximum absolute atomic E-state index is 11.7. The van der Waals surface area contributed by atoms with Gasteiger partial charge >= 0.3 is 5.97 Å². The van der Waals surface area contributed by atoms with E-state index in [-0.39, 0.29) is 18.1 Å². The second-order valence-corrected chi connectivity index (χ2v) is 5.41. The predicted octanol–water partition coefficient (Wildman–Crippen LogP) is 2.22. The summed E-state index contributed by atoms with van der Waals surface area (Å²) in [6.45, 7) is 6.68. The predicted molar refractivity (Wildman–Crippen MR) is 77.6 cm³/mol. The first-order valence-electron chi connectivity index (χ1n) is 6.41. The third-order valence-electron chi connectivity index (χ3n) is 2.47. The standard InChI is InChI=1S/C13H20N2O4S/c1-5-19-12(17)10-11(9(3)16)20-13(15-10)14-6-8(2)7-18-4/h8H,5-7H2,1-4H3,(H,14,15). The summed E-state index contributed by atoms with van der Waals surface area (Å²) in [5.41, 5.74) is 0.0891. The minimum Gasteiger partial charge on any atom is -0.461 e. The highest BCUT2D eigenvalue weighted by atomic mass is 32.1. The summed E-state index contributed by atoms with van der Waals surface area (Å²) >= 11 is 1.17. The smallest absolute Gasteiger partial charge is 0.358 e. The first-order chi connectivity index (χ1) is 9.49. The van der Waals surface area contributed by atoms with Crippen molar-refractivity contribution >= 4 is 28.2 Å². The summed E-state index contributed by atoms with van der Waals surface area (Å²) in [6, 6.07) is 0. The topological polar surface area (TPSA) is 77.5 Å². The second-order valence-electron chi connectivity index (χ2n) is 4.41. The molecule has 0 bridgehead atoms. The lowest BCUT2D eigenvalue weighted by molar-refractivity contribution is 0.0517. The molecule has 1 rings (SSSR count). The van der Waals surface area contributed by atoms with Crippen LogP contribution in [0, 0.1) is 5.92 Å². The Labute approximate surface area is 122 Å². The quantitative estimate of drug-likeness (QED) is 0.586. The molecule has 0 saturated heterocycles. The number of nitrogens with zero attached hydrogens (tertiary/aromatic N) is 1. The van der Waals surface area contributed by atoms with Crippen LogP contribution in [0.1, 0.15) is 40.9 Å². The van der Waals surface area contributed by atoms with Crippen LogP contribution in [0.25, 0.3) is 0 Å². The van der Waals surface area contributed by atoms with Crippen molar-refractivity contribution in [2.45, 2.75) is 20.8 Å². The summed E-state index contributed by atoms with van der Waals surface area (Å²) in [4.78, 5) is 27.8. The molecule has 0 aliphatic rings. The van der Waals surface area contributed by atoms with E-state index in [4.69, 9.17) is 9.47 Å². The van der Waals surface area contributed by atoms with Gasteiger partial charge in [0.05, 0.1) is 13.2 Å². The van der Waals surface area contributed by atoms with E-state index >= 15 is 0 Å². The Morgan fingerprint density at radius 1 is 1.45 bits per heavy atom. The molecule has 1 N–H and O–H groups in total. The molecule has 112 valence electrons. The molecule has 20 heavy (non-hydrogen) atoms. The highest BCUT2D eigenvalue weighted by Crippen LogP contribution is 2.24. The number of rotatable bonds is 8. The largest absolute Gasteiger partial charge is 0.461 e. The van der Waals surface area contributed by atoms with E-state index < -0.39 is 5.97 Å². The first kappa shape index (κ1) is 16.6. The van der Waals surface area contributed by atoms with Crippen LogP contribution in [-0.2, 0) is 9.47 Å². The molecular weight excluding hydrogens is 280 g/mol. The SMILES string of the molecule is CCOC(=O)c1nc(NCC(C)COC)sc1C(C)=O. The van der Waals surface area contributed by atoms with Gasteiger partial charge in [-0.15, -0.1) is 0 Å². The van der Waals surface area contributed by atoms with Crippen LogP contribution >= 0.6 is 11.3 Å². The first-order valence-corrected chi connectivity index (χ1v) is 7.22. The Morgan fingerprint density at radius 3 is 2.70 bits per heavy atom. The van der Waals surface area contributed by atoms with E-state index in [0.29, 0.717) is 29.1 Å². The van der Waals surface area contributed by atoms with Crippen molar-refractivity contribution in [3.63, 3.8) is 0 Å². The number of aromatic nitrogens is 1. The van der Waals surface area contributed by atoms with Crippen LogP contribution in [0.2, 0.25) is 0 Å². The van der Waals surface area contributed by atoms with Gasteiger partial charge in [0.15, 0.2) is 16.6 Å². The van der Waals surface area contributed by atoms with Crippen LogP contribution in [0.5, 0.6) is 0 Å². The van der Waals surface area contributed by atoms with Crippen molar-refractivity contribution in [3.8, 4) is 0 Å². The molecule has 0 amide bonds. The van der Waals surface area contributed by atoms with Gasteiger partial charge in [0.25, 0.3) is 0 Å². The zero-order valence-electron chi connectivity index (χ0n) is 12.2. The summed E-state index contributed by atoms with van der Waals surface area (Å²) in [6.07, 6.45) is 0. The highest BCUT2D eigenvalue weighted by Gasteiger charge is 2.22. The number of anilines is 1. The van der Waals surface area contributed by atoms with Gasteiger partial charge < -0.3 is 14.8 Å². The number of hydrogen-bond donors (Lipinski definition) is 1. The molecule has 1 atom stereocenters. The minimum absolute atomic E-state index is 0.0891. The monoisotopic (exact) mass is 300 g/mol. The summed E-state index contributed by atoms with van der Waals surface area (Å²) in [7, 11) is 1.65. The van der Waals surface area contributed by atoms with Gasteiger partial charge in [-0.2, -0.15) is 0 Å². The molecular formula is C13H20N2O4S. The van der Waals surface area contributed by atoms with E-state index in [1.54, 1.807) is 14.0 Å². The van der Waals surface area contributed by atoms with Crippen molar-refractivity contribution in [3.05, 3.63) is 10.6 Å². The Morgan fingerprint density at radius 2 is 2.15 bits per heavy atom. The number of carbonyl (C=O) groups is 2. The molecule has 1 unspecified atom stereocenters. The number of ether oxygens (including phenoxy) is 2. The number of hydrogen-bond acceptors (Lipinski definition) is 7. The number of carbonyl (C=O) groups excluding carboxylic acids is 2. The number of Topliss-reactive ketones (excluding diaryl/α,β-unsaturated/α-hetero) is 1. The molecule has 0 radical (unpaired) electrons. The summed E-state index contributed by atoms with van der Waals surface area (Å²) < 4.78 is 9.95. The van der Waals surface area contributed by atoms with Crippen molar-refractivity contribution in [2.24, 2.45) is 5.92 Å². The molecule has 0 aliphatic heterocycles. The zero-order valence-corrected chi connectivity index (χ0v) is 13.0. The fourth-order valence-electron chi connectivity index (χ4n) is 1.58. The molecule has 1 aromatic heterocycles. The molecule has 0 aromatic carbocycles. The highest BCUT2D eigenvalue weighted by molar-refractivity contribution is 7.17. The number of thiazole rings is 1. The van der Waals surface area contributed by atoms with Gasteiger partial charge in [-0.25, -0.2) is 9.78 Å². The van der Waals surface area contributed by atoms with Gasteiger partial charge in [-0.3, -0.25) is 4.79 Å². The third kappa shape index (κ3) is 4.57. The van der Waals surface area contributed by atoms with Crippen LogP contribution in [-0.4, -0.2) is 43.6 Å². The van der Waals surface area contributed by atoms with Crippen molar-refractivity contribution < 1.29 is 19.1 Å². The van der Waals surface area contributed by atoms with E-state index in [1.165, 1.54) is 18.3 Å². The van der Waals surface area contributed by atoms with E-state index in [1.807, 2.05) is 6.92 Å². The Hall–Kier alpha value is -1.47. The lowest BCUT2D eigenvalue weighted by Crippen LogP contribution is -2.15. The lowest BCUT2D eigenvalue weighted by Gasteiger charge is -2.09. The number of nitrogens with one attached hydrogen (secondary N) is 1. The fraction of sp³-hybridized carbons (Fsp3) is 0.615. The Bertz CT molecular complexity index is 473. The van der Waals surface area contributed by atoms with Crippen LogP contribution in [0.15, 0.2) is 0 Å². The van der Waals surface area contributed by atoms with Gasteiger partial charge in [0, 0.05) is 20.6 Å². The van der Waals surface area contributed by atoms with Crippen molar-refractivity contribution in [1.82, 2.24) is 4.98 Å². The van der Waals surface area contributed by atoms with E-state index in [2.05, 4.69) is 10.3 Å². The normalized spacial score (nSPS) is 12.0. The molecule has 0 saturated carbocycles. The summed E-state index contributed by atoms with van der Waals surface area (Å²) in [5.74, 6) is -0.453. The maximum Gasteiger partial charge on any atom is 0.358 e. The molecule has 0 spiro atoms. The van der Waals surface area contributed by atoms with Gasteiger partial charge in [0.2, 0.25) is 0 Å². The van der Waals surface area contributed by atoms with Gasteiger partial charge in [0.1, 0.15) is 4.88 Å². The molecule has 0 aliphatic carbocycles. The zero-order chi connectivity index (χ0) is 15.1. The van der Waals surface area contributed by atoms with E-state index in [9.17, 15) is 9.59 Å². The molecule has 7 heteroatoms. The molecule has 1 heterocycles. The average molecular weight is 300 g/mol. The fourth-order valence-corrected chi connectivity index (χ4v) is 2.43. The van der Waals surface area contributed by atoms with Gasteiger partial charge in [-0.05, 0) is 12.8 Å². The molecule has 1 aromatic rings. The van der Waals surface area contributed by atoms with Crippen LogP contribution in [0.3, 0.4) is 0 Å². The number of methoxy groups -OCH3 is 1. The Kier molecular flexibility index (Phi) is 6.60. The maximum atomic E-state index is 11.7. The average Bonchev–Trinajstić information content (AvgIpc) is 2.81. The minimum atomic E-state index is -0.563. The van der Waals surface area contributed by atoms with Crippen molar-refractivity contribution in [1.29, 1.82) is 0 Å². The van der Waals surface area contributed by atoms with Crippen LogP contribution < -0.4 is 5.32 Å². The Balaban J connectivity index is 2.81. The number of ketones is 1. The molecule has 6 nitrogen and oxygen atoms in total. The van der Waals surface area contributed by atoms with E-state index in [0.717, 1.165) is 0 Å². The summed E-state index contributed by atoms with van der Waals surface area (Å²) in [5, 5.41) is 3.65. The van der Waals surface area contributed by atoms with Crippen LogP contribution in [0.4, 0.5) is 5.13 Å². The van der Waals surface area contributed by atoms with Gasteiger partial charge in [-0.1, -0.05) is 18.3 Å². The second kappa shape index (κ2) is 7.96.